The number of benzene rings is 1. The first kappa shape index (κ1) is 14.8. The van der Waals surface area contributed by atoms with Crippen LogP contribution in [0.1, 0.15) is 21.5 Å². The van der Waals surface area contributed by atoms with Crippen LogP contribution in [-0.4, -0.2) is 29.7 Å². The van der Waals surface area contributed by atoms with Gasteiger partial charge in [0.15, 0.2) is 0 Å². The molecule has 0 saturated heterocycles. The zero-order valence-electron chi connectivity index (χ0n) is 12.0. The maximum Gasteiger partial charge on any atom is 0.259 e. The van der Waals surface area contributed by atoms with Gasteiger partial charge in [-0.1, -0.05) is 30.0 Å². The van der Waals surface area contributed by atoms with Gasteiger partial charge in [0.2, 0.25) is 0 Å². The van der Waals surface area contributed by atoms with Crippen molar-refractivity contribution in [3.8, 4) is 11.8 Å². The Morgan fingerprint density at radius 3 is 2.81 bits per heavy atom. The van der Waals surface area contributed by atoms with Gasteiger partial charge in [-0.2, -0.15) is 0 Å². The lowest BCUT2D eigenvalue weighted by Crippen LogP contribution is -2.27. The highest BCUT2D eigenvalue weighted by Crippen LogP contribution is 2.19. The number of aliphatic hydroxyl groups excluding tert-OH is 1. The third-order valence-corrected chi connectivity index (χ3v) is 3.08. The molecule has 1 aromatic heterocycles. The molecule has 0 unspecified atom stereocenters. The number of pyridine rings is 1. The standard InChI is InChI=1S/C17H16N2O2/c1-13-6-3-4-8-16(13)19(2)17(21)15-10-14(7-5-9-20)11-18-12-15/h3-4,6,8,10-12,20H,9H2,1-2H3. The molecule has 0 saturated carbocycles. The summed E-state index contributed by atoms with van der Waals surface area (Å²) in [6.45, 7) is 1.74. The highest BCUT2D eigenvalue weighted by Gasteiger charge is 2.15. The normalized spacial score (nSPS) is 9.67. The number of carbonyl (C=O) groups excluding carboxylic acids is 1. The fraction of sp³-hybridized carbons (Fsp3) is 0.176. The lowest BCUT2D eigenvalue weighted by Gasteiger charge is -2.19. The summed E-state index contributed by atoms with van der Waals surface area (Å²) in [4.78, 5) is 18.1. The van der Waals surface area contributed by atoms with E-state index in [1.165, 1.54) is 6.20 Å². The van der Waals surface area contributed by atoms with Crippen LogP contribution in [-0.2, 0) is 0 Å². The van der Waals surface area contributed by atoms with Crippen molar-refractivity contribution in [2.24, 2.45) is 0 Å². The Kier molecular flexibility index (Phi) is 4.70. The summed E-state index contributed by atoms with van der Waals surface area (Å²) < 4.78 is 0. The van der Waals surface area contributed by atoms with E-state index < -0.39 is 0 Å². The summed E-state index contributed by atoms with van der Waals surface area (Å²) in [6.07, 6.45) is 3.08. The van der Waals surface area contributed by atoms with E-state index in [2.05, 4.69) is 16.8 Å². The lowest BCUT2D eigenvalue weighted by atomic mass is 10.1. The van der Waals surface area contributed by atoms with Crippen LogP contribution in [0.2, 0.25) is 0 Å². The Morgan fingerprint density at radius 2 is 2.10 bits per heavy atom. The second-order valence-electron chi connectivity index (χ2n) is 4.57. The molecule has 1 heterocycles. The van der Waals surface area contributed by atoms with E-state index in [-0.39, 0.29) is 12.5 Å². The zero-order chi connectivity index (χ0) is 15.2. The molecule has 0 fully saturated rings. The Labute approximate surface area is 124 Å². The topological polar surface area (TPSA) is 53.4 Å². The Morgan fingerprint density at radius 1 is 1.33 bits per heavy atom. The predicted octanol–water partition coefficient (Wildman–Crippen LogP) is 2.01. The van der Waals surface area contributed by atoms with Gasteiger partial charge in [0.1, 0.15) is 6.61 Å². The van der Waals surface area contributed by atoms with Crippen LogP contribution in [0.3, 0.4) is 0 Å². The van der Waals surface area contributed by atoms with Crippen LogP contribution in [0.4, 0.5) is 5.69 Å². The van der Waals surface area contributed by atoms with E-state index in [9.17, 15) is 4.79 Å². The molecule has 0 bridgehead atoms. The van der Waals surface area contributed by atoms with Crippen LogP contribution in [0.15, 0.2) is 42.7 Å². The van der Waals surface area contributed by atoms with E-state index in [1.807, 2.05) is 31.2 Å². The Balaban J connectivity index is 2.30. The van der Waals surface area contributed by atoms with Gasteiger partial charge in [0, 0.05) is 30.7 Å². The van der Waals surface area contributed by atoms with Crippen LogP contribution < -0.4 is 4.90 Å². The fourth-order valence-electron chi connectivity index (χ4n) is 2.01. The number of aliphatic hydroxyl groups is 1. The van der Waals surface area contributed by atoms with Gasteiger partial charge in [-0.15, -0.1) is 0 Å². The second-order valence-corrected chi connectivity index (χ2v) is 4.57. The predicted molar refractivity (Wildman–Crippen MR) is 82.1 cm³/mol. The zero-order valence-corrected chi connectivity index (χ0v) is 12.0. The highest BCUT2D eigenvalue weighted by atomic mass is 16.2. The SMILES string of the molecule is Cc1ccccc1N(C)C(=O)c1cncc(C#CCO)c1. The molecule has 0 aliphatic heterocycles. The number of amides is 1. The van der Waals surface area contributed by atoms with Crippen molar-refractivity contribution in [1.29, 1.82) is 0 Å². The summed E-state index contributed by atoms with van der Waals surface area (Å²) in [5, 5.41) is 8.70. The number of nitrogens with zero attached hydrogens (tertiary/aromatic N) is 2. The average Bonchev–Trinajstić information content (AvgIpc) is 2.52. The lowest BCUT2D eigenvalue weighted by molar-refractivity contribution is 0.0992. The smallest absolute Gasteiger partial charge is 0.259 e. The monoisotopic (exact) mass is 280 g/mol. The number of hydrogen-bond acceptors (Lipinski definition) is 3. The maximum atomic E-state index is 12.5. The molecule has 0 spiro atoms. The summed E-state index contributed by atoms with van der Waals surface area (Å²) in [6, 6.07) is 9.36. The molecule has 1 N–H and O–H groups in total. The molecule has 1 aromatic carbocycles. The molecule has 0 aliphatic rings. The van der Waals surface area contributed by atoms with E-state index >= 15 is 0 Å². The van der Waals surface area contributed by atoms with Gasteiger partial charge in [0.25, 0.3) is 5.91 Å². The van der Waals surface area contributed by atoms with E-state index in [4.69, 9.17) is 5.11 Å². The fourth-order valence-corrected chi connectivity index (χ4v) is 2.01. The van der Waals surface area contributed by atoms with Crippen LogP contribution in [0.25, 0.3) is 0 Å². The minimum absolute atomic E-state index is 0.149. The first-order valence-corrected chi connectivity index (χ1v) is 6.52. The molecule has 106 valence electrons. The van der Waals surface area contributed by atoms with Crippen molar-refractivity contribution in [1.82, 2.24) is 4.98 Å². The molecule has 0 aliphatic carbocycles. The molecule has 21 heavy (non-hydrogen) atoms. The quantitative estimate of drug-likeness (QED) is 0.856. The van der Waals surface area contributed by atoms with Crippen LogP contribution >= 0.6 is 0 Å². The summed E-state index contributed by atoms with van der Waals surface area (Å²) in [5.74, 6) is 5.14. The number of anilines is 1. The molecule has 2 aromatic rings. The number of para-hydroxylation sites is 1. The largest absolute Gasteiger partial charge is 0.384 e. The number of rotatable bonds is 2. The third kappa shape index (κ3) is 3.47. The van der Waals surface area contributed by atoms with Gasteiger partial charge in [0.05, 0.1) is 5.56 Å². The first-order chi connectivity index (χ1) is 10.1. The van der Waals surface area contributed by atoms with E-state index in [0.717, 1.165) is 11.3 Å². The minimum Gasteiger partial charge on any atom is -0.384 e. The van der Waals surface area contributed by atoms with Crippen molar-refractivity contribution in [3.63, 3.8) is 0 Å². The molecule has 4 heteroatoms. The second kappa shape index (κ2) is 6.69. The van der Waals surface area contributed by atoms with E-state index in [1.54, 1.807) is 24.2 Å². The van der Waals surface area contributed by atoms with Gasteiger partial charge < -0.3 is 10.0 Å². The third-order valence-electron chi connectivity index (χ3n) is 3.08. The molecule has 4 nitrogen and oxygen atoms in total. The summed E-state index contributed by atoms with van der Waals surface area (Å²) in [7, 11) is 1.73. The van der Waals surface area contributed by atoms with Gasteiger partial charge in [-0.25, -0.2) is 0 Å². The first-order valence-electron chi connectivity index (χ1n) is 6.52. The number of aryl methyl sites for hydroxylation is 1. The van der Waals surface area contributed by atoms with Gasteiger partial charge in [-0.05, 0) is 24.6 Å². The minimum atomic E-state index is -0.221. The summed E-state index contributed by atoms with van der Waals surface area (Å²) in [5.41, 5.74) is 2.95. The van der Waals surface area contributed by atoms with Crippen molar-refractivity contribution < 1.29 is 9.90 Å². The van der Waals surface area contributed by atoms with Crippen LogP contribution in [0, 0.1) is 18.8 Å². The van der Waals surface area contributed by atoms with Gasteiger partial charge >= 0.3 is 0 Å². The highest BCUT2D eigenvalue weighted by molar-refractivity contribution is 6.06. The number of carbonyl (C=O) groups is 1. The van der Waals surface area contributed by atoms with Crippen molar-refractivity contribution in [2.75, 3.05) is 18.6 Å². The maximum absolute atomic E-state index is 12.5. The number of hydrogen-bond donors (Lipinski definition) is 1. The Hall–Kier alpha value is -2.64. The molecular weight excluding hydrogens is 264 g/mol. The van der Waals surface area contributed by atoms with Gasteiger partial charge in [-0.3, -0.25) is 9.78 Å². The van der Waals surface area contributed by atoms with Crippen molar-refractivity contribution in [2.45, 2.75) is 6.92 Å². The van der Waals surface area contributed by atoms with Crippen molar-refractivity contribution in [3.05, 3.63) is 59.4 Å². The molecule has 1 amide bonds. The average molecular weight is 280 g/mol. The van der Waals surface area contributed by atoms with Crippen molar-refractivity contribution >= 4 is 11.6 Å². The molecule has 0 radical (unpaired) electrons. The van der Waals surface area contributed by atoms with E-state index in [0.29, 0.717) is 11.1 Å². The molecular formula is C17H16N2O2. The molecule has 2 rings (SSSR count). The Bertz CT molecular complexity index is 714. The number of aromatic nitrogens is 1. The molecule has 0 atom stereocenters. The summed E-state index contributed by atoms with van der Waals surface area (Å²) >= 11 is 0. The van der Waals surface area contributed by atoms with Crippen LogP contribution in [0.5, 0.6) is 0 Å².